The lowest BCUT2D eigenvalue weighted by molar-refractivity contribution is 0.172. The van der Waals surface area contributed by atoms with Gasteiger partial charge in [-0.3, -0.25) is 0 Å². The minimum atomic E-state index is -3.70. The molecule has 0 spiro atoms. The minimum absolute atomic E-state index is 0.0373. The predicted molar refractivity (Wildman–Crippen MR) is 69.2 cm³/mol. The molecule has 0 fully saturated rings. The smallest absolute Gasteiger partial charge is 0.261 e. The fourth-order valence-corrected chi connectivity index (χ4v) is 2.56. The third-order valence-electron chi connectivity index (χ3n) is 1.94. The average Bonchev–Trinajstić information content (AvgIpc) is 2.24. The van der Waals surface area contributed by atoms with Crippen molar-refractivity contribution in [2.24, 2.45) is 0 Å². The number of hydrogen-bond donors (Lipinski definition) is 0. The van der Waals surface area contributed by atoms with Gasteiger partial charge in [0.25, 0.3) is 9.05 Å². The van der Waals surface area contributed by atoms with Gasteiger partial charge in [-0.25, -0.2) is 8.42 Å². The van der Waals surface area contributed by atoms with Crippen LogP contribution in [-0.4, -0.2) is 28.7 Å². The van der Waals surface area contributed by atoms with Gasteiger partial charge >= 0.3 is 0 Å². The van der Waals surface area contributed by atoms with Gasteiger partial charge in [-0.2, -0.15) is 0 Å². The first kappa shape index (κ1) is 14.8. The van der Waals surface area contributed by atoms with E-state index in [-0.39, 0.29) is 4.90 Å². The first-order chi connectivity index (χ1) is 7.95. The maximum Gasteiger partial charge on any atom is 0.261 e. The second kappa shape index (κ2) is 6.58. The van der Waals surface area contributed by atoms with Crippen LogP contribution >= 0.6 is 26.6 Å². The van der Waals surface area contributed by atoms with E-state index in [1.807, 2.05) is 0 Å². The number of ether oxygens (including phenoxy) is 2. The van der Waals surface area contributed by atoms with E-state index >= 15 is 0 Å². The Hall–Kier alpha value is -0.300. The zero-order valence-corrected chi connectivity index (χ0v) is 12.3. The van der Waals surface area contributed by atoms with Crippen molar-refractivity contribution < 1.29 is 17.9 Å². The molecule has 0 aliphatic heterocycles. The van der Waals surface area contributed by atoms with Gasteiger partial charge in [-0.05, 0) is 34.1 Å². The summed E-state index contributed by atoms with van der Waals surface area (Å²) >= 11 is 3.23. The van der Waals surface area contributed by atoms with Crippen LogP contribution in [-0.2, 0) is 13.8 Å². The van der Waals surface area contributed by atoms with Crippen LogP contribution in [0.5, 0.6) is 5.75 Å². The molecule has 0 aromatic heterocycles. The summed E-state index contributed by atoms with van der Waals surface area (Å²) in [5, 5.41) is 0. The van der Waals surface area contributed by atoms with Crippen LogP contribution in [0.25, 0.3) is 0 Å². The molecule has 0 radical (unpaired) electrons. The van der Waals surface area contributed by atoms with Crippen molar-refractivity contribution in [3.63, 3.8) is 0 Å². The van der Waals surface area contributed by atoms with Gasteiger partial charge < -0.3 is 9.47 Å². The van der Waals surface area contributed by atoms with Gasteiger partial charge in [0.2, 0.25) is 0 Å². The summed E-state index contributed by atoms with van der Waals surface area (Å²) in [6.07, 6.45) is 0.762. The normalized spacial score (nSPS) is 11.5. The Morgan fingerprint density at radius 3 is 2.59 bits per heavy atom. The highest BCUT2D eigenvalue weighted by molar-refractivity contribution is 9.10. The van der Waals surface area contributed by atoms with Gasteiger partial charge in [0.1, 0.15) is 5.75 Å². The van der Waals surface area contributed by atoms with Gasteiger partial charge in [0.15, 0.2) is 0 Å². The third-order valence-corrected chi connectivity index (χ3v) is 3.91. The van der Waals surface area contributed by atoms with Crippen LogP contribution < -0.4 is 4.74 Å². The van der Waals surface area contributed by atoms with E-state index in [9.17, 15) is 8.42 Å². The molecule has 1 rings (SSSR count). The summed E-state index contributed by atoms with van der Waals surface area (Å²) in [5.74, 6) is 0.574. The Kier molecular flexibility index (Phi) is 5.72. The highest BCUT2D eigenvalue weighted by atomic mass is 79.9. The van der Waals surface area contributed by atoms with Crippen molar-refractivity contribution >= 4 is 35.7 Å². The number of rotatable bonds is 6. The first-order valence-electron chi connectivity index (χ1n) is 4.81. The fraction of sp³-hybridized carbons (Fsp3) is 0.400. The second-order valence-corrected chi connectivity index (χ2v) is 6.65. The monoisotopic (exact) mass is 342 g/mol. The number of hydrogen-bond acceptors (Lipinski definition) is 4. The van der Waals surface area contributed by atoms with Gasteiger partial charge in [0.05, 0.1) is 16.0 Å². The van der Waals surface area contributed by atoms with Crippen molar-refractivity contribution in [1.82, 2.24) is 0 Å². The molecule has 1 aromatic rings. The molecule has 0 heterocycles. The standard InChI is InChI=1S/C10H12BrClO4S/c1-15-5-2-6-16-10-4-3-8(7-9(10)11)17(12,13)14/h3-4,7H,2,5-6H2,1H3. The topological polar surface area (TPSA) is 52.6 Å². The van der Waals surface area contributed by atoms with E-state index in [2.05, 4.69) is 15.9 Å². The van der Waals surface area contributed by atoms with Crippen molar-refractivity contribution in [2.75, 3.05) is 20.3 Å². The highest BCUT2D eigenvalue weighted by Crippen LogP contribution is 2.29. The maximum absolute atomic E-state index is 11.1. The van der Waals surface area contributed by atoms with E-state index < -0.39 is 9.05 Å². The van der Waals surface area contributed by atoms with Crippen LogP contribution in [0.15, 0.2) is 27.6 Å². The van der Waals surface area contributed by atoms with Crippen LogP contribution in [0.4, 0.5) is 0 Å². The molecule has 0 atom stereocenters. The molecule has 0 saturated carbocycles. The van der Waals surface area contributed by atoms with Gasteiger partial charge in [0, 0.05) is 30.8 Å². The number of methoxy groups -OCH3 is 1. The highest BCUT2D eigenvalue weighted by Gasteiger charge is 2.12. The molecule has 0 aliphatic rings. The van der Waals surface area contributed by atoms with Crippen molar-refractivity contribution in [3.8, 4) is 5.75 Å². The second-order valence-electron chi connectivity index (χ2n) is 3.22. The Morgan fingerprint density at radius 2 is 2.06 bits per heavy atom. The van der Waals surface area contributed by atoms with E-state index in [4.69, 9.17) is 20.2 Å². The molecule has 0 bridgehead atoms. The molecule has 17 heavy (non-hydrogen) atoms. The van der Waals surface area contributed by atoms with E-state index in [0.29, 0.717) is 23.4 Å². The molecule has 0 unspecified atom stereocenters. The third kappa shape index (κ3) is 4.83. The summed E-state index contributed by atoms with van der Waals surface area (Å²) < 4.78 is 33.0. The molecule has 0 aliphatic carbocycles. The van der Waals surface area contributed by atoms with Gasteiger partial charge in [-0.1, -0.05) is 0 Å². The zero-order valence-electron chi connectivity index (χ0n) is 9.15. The molecule has 96 valence electrons. The molecule has 7 heteroatoms. The Balaban J connectivity index is 2.70. The number of benzene rings is 1. The summed E-state index contributed by atoms with van der Waals surface area (Å²) in [6.45, 7) is 1.12. The largest absolute Gasteiger partial charge is 0.492 e. The Morgan fingerprint density at radius 1 is 1.35 bits per heavy atom. The summed E-state index contributed by atoms with van der Waals surface area (Å²) in [5.41, 5.74) is 0. The van der Waals surface area contributed by atoms with E-state index in [0.717, 1.165) is 6.42 Å². The molecule has 1 aromatic carbocycles. The summed E-state index contributed by atoms with van der Waals surface area (Å²) in [4.78, 5) is 0.0373. The lowest BCUT2D eigenvalue weighted by Gasteiger charge is -2.08. The number of halogens is 2. The maximum atomic E-state index is 11.1. The Labute approximate surface area is 113 Å². The lowest BCUT2D eigenvalue weighted by atomic mass is 10.3. The molecule has 0 saturated heterocycles. The lowest BCUT2D eigenvalue weighted by Crippen LogP contribution is -2.02. The molecule has 0 amide bonds. The molecule has 4 nitrogen and oxygen atoms in total. The average molecular weight is 344 g/mol. The molecular formula is C10H12BrClO4S. The van der Waals surface area contributed by atoms with E-state index in [1.54, 1.807) is 13.2 Å². The quantitative estimate of drug-likeness (QED) is 0.589. The minimum Gasteiger partial charge on any atom is -0.492 e. The SMILES string of the molecule is COCCCOc1ccc(S(=O)(=O)Cl)cc1Br. The van der Waals surface area contributed by atoms with Crippen LogP contribution in [0, 0.1) is 0 Å². The van der Waals surface area contributed by atoms with E-state index in [1.165, 1.54) is 12.1 Å². The van der Waals surface area contributed by atoms with Gasteiger partial charge in [-0.15, -0.1) is 0 Å². The van der Waals surface area contributed by atoms with Crippen LogP contribution in [0.2, 0.25) is 0 Å². The molecular weight excluding hydrogens is 332 g/mol. The van der Waals surface area contributed by atoms with Crippen LogP contribution in [0.3, 0.4) is 0 Å². The van der Waals surface area contributed by atoms with Crippen molar-refractivity contribution in [2.45, 2.75) is 11.3 Å². The summed E-state index contributed by atoms with van der Waals surface area (Å²) in [7, 11) is 3.14. The first-order valence-corrected chi connectivity index (χ1v) is 7.91. The zero-order chi connectivity index (χ0) is 12.9. The van der Waals surface area contributed by atoms with Crippen molar-refractivity contribution in [3.05, 3.63) is 22.7 Å². The fourth-order valence-electron chi connectivity index (χ4n) is 1.14. The predicted octanol–water partition coefficient (Wildman–Crippen LogP) is 2.79. The van der Waals surface area contributed by atoms with Crippen LogP contribution in [0.1, 0.15) is 6.42 Å². The molecule has 0 N–H and O–H groups in total. The Bertz CT molecular complexity index is 475. The summed E-state index contributed by atoms with van der Waals surface area (Å²) in [6, 6.07) is 4.37. The van der Waals surface area contributed by atoms with Crippen molar-refractivity contribution in [1.29, 1.82) is 0 Å².